The fraction of sp³-hybridized carbons (Fsp3) is 0.789. The predicted molar refractivity (Wildman–Crippen MR) is 102 cm³/mol. The van der Waals surface area contributed by atoms with Crippen LogP contribution in [0.5, 0.6) is 0 Å². The average molecular weight is 410 g/mol. The number of carbonyl (C=O) groups excluding carboxylic acids is 2. The highest BCUT2D eigenvalue weighted by Crippen LogP contribution is 2.37. The molecule has 162 valence electrons. The zero-order valence-corrected chi connectivity index (χ0v) is 16.8. The monoisotopic (exact) mass is 410 g/mol. The maximum atomic E-state index is 12.1. The van der Waals surface area contributed by atoms with Crippen LogP contribution < -0.4 is 5.43 Å². The fourth-order valence-corrected chi connectivity index (χ4v) is 4.39. The number of rotatable bonds is 8. The van der Waals surface area contributed by atoms with Gasteiger partial charge in [0.05, 0.1) is 0 Å². The summed E-state index contributed by atoms with van der Waals surface area (Å²) in [4.78, 5) is 42.0. The molecule has 4 aliphatic heterocycles. The number of carbonyl (C=O) groups is 3. The second-order valence-electron chi connectivity index (χ2n) is 7.93. The molecule has 10 nitrogen and oxygen atoms in total. The third kappa shape index (κ3) is 5.37. The van der Waals surface area contributed by atoms with Crippen molar-refractivity contribution in [2.24, 2.45) is 17.0 Å². The molecule has 2 N–H and O–H groups in total. The number of hydrazine groups is 1. The van der Waals surface area contributed by atoms with E-state index in [4.69, 9.17) is 9.94 Å². The van der Waals surface area contributed by atoms with Gasteiger partial charge in [-0.15, -0.1) is 0 Å². The number of piperidine rings is 3. The number of unbranched alkanes of at least 4 members (excludes halogenated alkanes) is 4. The molecule has 0 aromatic carbocycles. The second kappa shape index (κ2) is 9.91. The summed E-state index contributed by atoms with van der Waals surface area (Å²) in [6.45, 7) is 5.15. The number of esters is 1. The molecule has 2 unspecified atom stereocenters. The van der Waals surface area contributed by atoms with Gasteiger partial charge in [-0.3, -0.25) is 0 Å². The van der Waals surface area contributed by atoms with Gasteiger partial charge >= 0.3 is 18.0 Å². The van der Waals surface area contributed by atoms with Crippen molar-refractivity contribution in [3.63, 3.8) is 0 Å². The average Bonchev–Trinajstić information content (AvgIpc) is 3.10. The Hall–Kier alpha value is -2.36. The van der Waals surface area contributed by atoms with Crippen molar-refractivity contribution in [1.29, 1.82) is 0 Å². The number of amides is 1. The van der Waals surface area contributed by atoms with Crippen LogP contribution in [0.2, 0.25) is 0 Å². The van der Waals surface area contributed by atoms with Crippen LogP contribution in [0.4, 0.5) is 4.79 Å². The van der Waals surface area contributed by atoms with E-state index in [-0.39, 0.29) is 5.92 Å². The summed E-state index contributed by atoms with van der Waals surface area (Å²) in [7, 11) is 0. The summed E-state index contributed by atoms with van der Waals surface area (Å²) in [5, 5.41) is 14.4. The van der Waals surface area contributed by atoms with Crippen LogP contribution in [0.1, 0.15) is 58.3 Å². The molecule has 4 heterocycles. The van der Waals surface area contributed by atoms with Gasteiger partial charge in [-0.1, -0.05) is 37.8 Å². The molecule has 2 atom stereocenters. The molecule has 0 saturated carbocycles. The number of ether oxygens (including phenoxy) is 1. The normalized spacial score (nSPS) is 27.9. The van der Waals surface area contributed by atoms with Crippen molar-refractivity contribution in [2.75, 3.05) is 19.6 Å². The van der Waals surface area contributed by atoms with Crippen molar-refractivity contribution in [2.45, 2.75) is 64.5 Å². The maximum Gasteiger partial charge on any atom is 0.434 e. The lowest BCUT2D eigenvalue weighted by atomic mass is 9.78. The zero-order chi connectivity index (χ0) is 20.8. The molecule has 2 bridgehead atoms. The summed E-state index contributed by atoms with van der Waals surface area (Å²) in [6.07, 6.45) is 6.56. The highest BCUT2D eigenvalue weighted by atomic mass is 16.7. The molecule has 0 spiro atoms. The van der Waals surface area contributed by atoms with Gasteiger partial charge in [-0.25, -0.2) is 24.8 Å². The van der Waals surface area contributed by atoms with Gasteiger partial charge in [0.25, 0.3) is 0 Å². The Morgan fingerprint density at radius 2 is 1.93 bits per heavy atom. The van der Waals surface area contributed by atoms with E-state index in [0.717, 1.165) is 58.2 Å². The van der Waals surface area contributed by atoms with Crippen LogP contribution in [-0.2, 0) is 19.2 Å². The number of nitrogens with one attached hydrogen (secondary N) is 1. The molecular weight excluding hydrogens is 380 g/mol. The van der Waals surface area contributed by atoms with Crippen molar-refractivity contribution in [1.82, 2.24) is 15.3 Å². The first-order valence-electron chi connectivity index (χ1n) is 10.5. The van der Waals surface area contributed by atoms with E-state index in [2.05, 4.69) is 27.1 Å². The van der Waals surface area contributed by atoms with E-state index in [1.165, 1.54) is 11.4 Å². The van der Waals surface area contributed by atoms with Crippen molar-refractivity contribution < 1.29 is 29.1 Å². The van der Waals surface area contributed by atoms with Crippen LogP contribution in [0.15, 0.2) is 5.16 Å². The maximum absolute atomic E-state index is 12.1. The fourth-order valence-electron chi connectivity index (χ4n) is 4.39. The quantitative estimate of drug-likeness (QED) is 0.269. The van der Waals surface area contributed by atoms with Crippen molar-refractivity contribution in [3.8, 4) is 0 Å². The first-order valence-corrected chi connectivity index (χ1v) is 10.5. The molecule has 4 rings (SSSR count). The molecule has 0 aromatic rings. The van der Waals surface area contributed by atoms with Crippen LogP contribution >= 0.6 is 0 Å². The number of fused-ring (bicyclic) bond motifs is 3. The molecule has 29 heavy (non-hydrogen) atoms. The molecular formula is C19H30N4O6. The number of hydrogen-bond donors (Lipinski definition) is 2. The van der Waals surface area contributed by atoms with Gasteiger partial charge in [0, 0.05) is 18.9 Å². The Balaban J connectivity index is 1.63. The van der Waals surface area contributed by atoms with E-state index < -0.39 is 24.3 Å². The highest BCUT2D eigenvalue weighted by molar-refractivity contribution is 6.30. The first-order chi connectivity index (χ1) is 14.0. The first kappa shape index (κ1) is 21.4. The summed E-state index contributed by atoms with van der Waals surface area (Å²) < 4.78 is 4.33. The molecule has 10 heteroatoms. The minimum Gasteiger partial charge on any atom is -0.473 e. The van der Waals surface area contributed by atoms with Crippen LogP contribution in [0.3, 0.4) is 0 Å². The molecule has 0 aromatic heterocycles. The number of amidine groups is 1. The largest absolute Gasteiger partial charge is 0.473 e. The minimum absolute atomic E-state index is 0.161. The minimum atomic E-state index is -1.82. The molecule has 4 aliphatic rings. The summed E-state index contributed by atoms with van der Waals surface area (Å²) in [6, 6.07) is 0. The lowest BCUT2D eigenvalue weighted by Crippen LogP contribution is -2.59. The predicted octanol–water partition coefficient (Wildman–Crippen LogP) is 1.91. The van der Waals surface area contributed by atoms with Gasteiger partial charge < -0.3 is 19.6 Å². The number of aliphatic carboxylic acids is 1. The summed E-state index contributed by atoms with van der Waals surface area (Å²) >= 11 is 0. The topological polar surface area (TPSA) is 121 Å². The molecule has 0 aliphatic carbocycles. The Bertz CT molecular complexity index is 647. The Morgan fingerprint density at radius 3 is 2.55 bits per heavy atom. The number of carboxylic acids is 1. The van der Waals surface area contributed by atoms with Gasteiger partial charge in [-0.2, -0.15) is 0 Å². The smallest absolute Gasteiger partial charge is 0.434 e. The highest BCUT2D eigenvalue weighted by Gasteiger charge is 2.46. The number of carboxylic acid groups (broad SMARTS) is 1. The summed E-state index contributed by atoms with van der Waals surface area (Å²) in [5.41, 5.74) is 2.49. The zero-order valence-electron chi connectivity index (χ0n) is 16.8. The standard InChI is InChI=1S/C19H30N4O6/c1-2-3-4-5-6-7-15-21-29-16(14-12-22-10-8-13(14)9-11-22)23(15)20-19(27)28-18(26)17(24)25/h13-14,16H,2-12H2,1H3,(H,20,27)(H,24,25). The van der Waals surface area contributed by atoms with Gasteiger partial charge in [0.15, 0.2) is 5.84 Å². The van der Waals surface area contributed by atoms with Crippen molar-refractivity contribution >= 4 is 23.9 Å². The van der Waals surface area contributed by atoms with Gasteiger partial charge in [-0.05, 0) is 38.3 Å². The number of hydrogen-bond acceptors (Lipinski definition) is 8. The third-order valence-electron chi connectivity index (χ3n) is 5.95. The van der Waals surface area contributed by atoms with E-state index in [1.807, 2.05) is 0 Å². The molecule has 0 radical (unpaired) electrons. The van der Waals surface area contributed by atoms with Crippen molar-refractivity contribution in [3.05, 3.63) is 0 Å². The number of nitrogens with zero attached hydrogens (tertiary/aromatic N) is 3. The third-order valence-corrected chi connectivity index (χ3v) is 5.95. The van der Waals surface area contributed by atoms with E-state index >= 15 is 0 Å². The van der Waals surface area contributed by atoms with E-state index in [1.54, 1.807) is 0 Å². The van der Waals surface area contributed by atoms with E-state index in [0.29, 0.717) is 18.2 Å². The SMILES string of the molecule is CCCCCCCC1=NOC(C2CN3CCC2CC3)N1NC(=O)OC(=O)C(=O)O. The Kier molecular flexibility index (Phi) is 7.29. The lowest BCUT2D eigenvalue weighted by molar-refractivity contribution is -0.160. The second-order valence-corrected chi connectivity index (χ2v) is 7.93. The number of oxime groups is 1. The Labute approximate surface area is 170 Å². The summed E-state index contributed by atoms with van der Waals surface area (Å²) in [5.74, 6) is -2.24. The van der Waals surface area contributed by atoms with E-state index in [9.17, 15) is 14.4 Å². The molecule has 3 fully saturated rings. The van der Waals surface area contributed by atoms with Crippen LogP contribution in [-0.4, -0.2) is 64.7 Å². The van der Waals surface area contributed by atoms with Gasteiger partial charge in [0.2, 0.25) is 6.23 Å². The molecule has 1 amide bonds. The van der Waals surface area contributed by atoms with Crippen LogP contribution in [0, 0.1) is 11.8 Å². The molecule has 3 saturated heterocycles. The van der Waals surface area contributed by atoms with Gasteiger partial charge in [0.1, 0.15) is 0 Å². The lowest BCUT2D eigenvalue weighted by Gasteiger charge is -2.47. The van der Waals surface area contributed by atoms with Crippen LogP contribution in [0.25, 0.3) is 0 Å². The Morgan fingerprint density at radius 1 is 1.21 bits per heavy atom.